The molecule has 1 saturated carbocycles. The maximum atomic E-state index is 12.5. The number of nitrogens with zero attached hydrogens (tertiary/aromatic N) is 6. The van der Waals surface area contributed by atoms with Crippen LogP contribution in [-0.2, 0) is 6.54 Å². The minimum absolute atomic E-state index is 0.251. The van der Waals surface area contributed by atoms with E-state index >= 15 is 0 Å². The molecule has 1 aliphatic carbocycles. The third-order valence-corrected chi connectivity index (χ3v) is 4.70. The van der Waals surface area contributed by atoms with Crippen LogP contribution >= 0.6 is 0 Å². The number of hydrogen-bond donors (Lipinski definition) is 2. The van der Waals surface area contributed by atoms with E-state index in [1.165, 1.54) is 0 Å². The van der Waals surface area contributed by atoms with Gasteiger partial charge in [-0.15, -0.1) is 15.3 Å². The van der Waals surface area contributed by atoms with Crippen molar-refractivity contribution in [1.82, 2.24) is 35.1 Å². The molecule has 0 bridgehead atoms. The number of carbonyl (C=O) groups excluding carboxylic acids is 1. The Balaban J connectivity index is 1.62. The van der Waals surface area contributed by atoms with Gasteiger partial charge in [-0.3, -0.25) is 4.79 Å². The van der Waals surface area contributed by atoms with Gasteiger partial charge in [-0.2, -0.15) is 0 Å². The Morgan fingerprint density at radius 1 is 1.36 bits per heavy atom. The Morgan fingerprint density at radius 3 is 2.84 bits per heavy atom. The summed E-state index contributed by atoms with van der Waals surface area (Å²) < 4.78 is 3.75. The van der Waals surface area contributed by atoms with Crippen LogP contribution in [0.1, 0.15) is 74.3 Å². The second-order valence-corrected chi connectivity index (χ2v) is 6.73. The fourth-order valence-corrected chi connectivity index (χ4v) is 3.27. The van der Waals surface area contributed by atoms with E-state index in [4.69, 9.17) is 5.73 Å². The first-order valence-corrected chi connectivity index (χ1v) is 8.94. The lowest BCUT2D eigenvalue weighted by atomic mass is 9.92. The van der Waals surface area contributed by atoms with E-state index < -0.39 is 0 Å². The number of carbonyl (C=O) groups is 1. The van der Waals surface area contributed by atoms with Crippen molar-refractivity contribution in [2.24, 2.45) is 5.73 Å². The van der Waals surface area contributed by atoms with Crippen LogP contribution in [0.3, 0.4) is 0 Å². The highest BCUT2D eigenvalue weighted by atomic mass is 16.2. The fourth-order valence-electron chi connectivity index (χ4n) is 3.27. The van der Waals surface area contributed by atoms with Gasteiger partial charge in [-0.05, 0) is 39.0 Å². The van der Waals surface area contributed by atoms with E-state index in [1.807, 2.05) is 11.5 Å². The average Bonchev–Trinajstić information content (AvgIpc) is 3.25. The zero-order valence-electron chi connectivity index (χ0n) is 14.8. The number of nitrogens with two attached hydrogens (primary N) is 1. The van der Waals surface area contributed by atoms with E-state index in [0.717, 1.165) is 44.5 Å². The molecule has 0 saturated heterocycles. The second-order valence-electron chi connectivity index (χ2n) is 6.73. The van der Waals surface area contributed by atoms with Crippen molar-refractivity contribution in [2.75, 3.05) is 0 Å². The largest absolute Gasteiger partial charge is 0.341 e. The molecule has 0 aromatic carbocycles. The van der Waals surface area contributed by atoms with E-state index in [2.05, 4.69) is 32.7 Å². The molecule has 1 amide bonds. The lowest BCUT2D eigenvalue weighted by Crippen LogP contribution is -2.29. The van der Waals surface area contributed by atoms with Crippen molar-refractivity contribution in [3.8, 4) is 0 Å². The molecular formula is C16H26N8O. The summed E-state index contributed by atoms with van der Waals surface area (Å²) in [6, 6.07) is 0.308. The van der Waals surface area contributed by atoms with Crippen LogP contribution in [0.15, 0.2) is 12.5 Å². The van der Waals surface area contributed by atoms with Crippen molar-refractivity contribution in [3.63, 3.8) is 0 Å². The SMILES string of the molecule is CCCn1cnnc1[C@@H](C)NC(=O)c1cn(C2CCC(N)CC2)nn1. The summed E-state index contributed by atoms with van der Waals surface area (Å²) >= 11 is 0. The molecule has 25 heavy (non-hydrogen) atoms. The third-order valence-electron chi connectivity index (χ3n) is 4.70. The van der Waals surface area contributed by atoms with Crippen LogP contribution < -0.4 is 11.1 Å². The maximum absolute atomic E-state index is 12.5. The lowest BCUT2D eigenvalue weighted by Gasteiger charge is -2.25. The number of amides is 1. The van der Waals surface area contributed by atoms with Gasteiger partial charge in [0.25, 0.3) is 5.91 Å². The fraction of sp³-hybridized carbons (Fsp3) is 0.688. The average molecular weight is 346 g/mol. The van der Waals surface area contributed by atoms with Crippen molar-refractivity contribution < 1.29 is 4.79 Å². The molecule has 1 atom stereocenters. The molecule has 0 spiro atoms. The van der Waals surface area contributed by atoms with Gasteiger partial charge in [-0.1, -0.05) is 12.1 Å². The topological polar surface area (TPSA) is 117 Å². The van der Waals surface area contributed by atoms with Crippen LogP contribution in [0, 0.1) is 0 Å². The number of nitrogens with one attached hydrogen (secondary N) is 1. The van der Waals surface area contributed by atoms with Gasteiger partial charge in [0.1, 0.15) is 6.33 Å². The van der Waals surface area contributed by atoms with Crippen LogP contribution in [0.5, 0.6) is 0 Å². The summed E-state index contributed by atoms with van der Waals surface area (Å²) in [5.41, 5.74) is 6.26. The maximum Gasteiger partial charge on any atom is 0.274 e. The summed E-state index contributed by atoms with van der Waals surface area (Å²) in [7, 11) is 0. The Kier molecular flexibility index (Phi) is 5.42. The van der Waals surface area contributed by atoms with Crippen LogP contribution in [0.4, 0.5) is 0 Å². The highest BCUT2D eigenvalue weighted by molar-refractivity contribution is 5.92. The molecule has 3 N–H and O–H groups in total. The predicted octanol–water partition coefficient (Wildman–Crippen LogP) is 1.21. The summed E-state index contributed by atoms with van der Waals surface area (Å²) in [6.07, 6.45) is 8.30. The predicted molar refractivity (Wildman–Crippen MR) is 91.7 cm³/mol. The van der Waals surface area contributed by atoms with E-state index in [0.29, 0.717) is 5.69 Å². The molecule has 0 unspecified atom stereocenters. The van der Waals surface area contributed by atoms with Crippen molar-refractivity contribution >= 4 is 5.91 Å². The first kappa shape index (κ1) is 17.5. The molecule has 2 aromatic rings. The van der Waals surface area contributed by atoms with Gasteiger partial charge in [0.15, 0.2) is 11.5 Å². The molecule has 0 radical (unpaired) electrons. The Hall–Kier alpha value is -2.29. The summed E-state index contributed by atoms with van der Waals surface area (Å²) in [6.45, 7) is 4.80. The molecule has 1 aliphatic rings. The molecule has 9 nitrogen and oxygen atoms in total. The number of rotatable bonds is 6. The van der Waals surface area contributed by atoms with Gasteiger partial charge in [-0.25, -0.2) is 4.68 Å². The number of hydrogen-bond acceptors (Lipinski definition) is 6. The highest BCUT2D eigenvalue weighted by Crippen LogP contribution is 2.26. The van der Waals surface area contributed by atoms with E-state index in [1.54, 1.807) is 17.2 Å². The van der Waals surface area contributed by atoms with Gasteiger partial charge < -0.3 is 15.6 Å². The quantitative estimate of drug-likeness (QED) is 0.812. The summed E-state index contributed by atoms with van der Waals surface area (Å²) in [5.74, 6) is 0.487. The van der Waals surface area contributed by atoms with Gasteiger partial charge in [0.2, 0.25) is 0 Å². The molecule has 2 aromatic heterocycles. The molecule has 2 heterocycles. The number of aryl methyl sites for hydroxylation is 1. The Bertz CT molecular complexity index is 701. The van der Waals surface area contributed by atoms with Crippen LogP contribution in [-0.4, -0.2) is 41.7 Å². The van der Waals surface area contributed by atoms with Crippen LogP contribution in [0.25, 0.3) is 0 Å². The standard InChI is InChI=1S/C16H26N8O/c1-3-8-23-10-18-21-15(23)11(2)19-16(25)14-9-24(22-20-14)13-6-4-12(17)5-7-13/h9-13H,3-8,17H2,1-2H3,(H,19,25)/t11-,12?,13?/m1/s1. The molecular weight excluding hydrogens is 320 g/mol. The summed E-state index contributed by atoms with van der Waals surface area (Å²) in [5, 5.41) is 19.1. The van der Waals surface area contributed by atoms with E-state index in [9.17, 15) is 4.79 Å². The van der Waals surface area contributed by atoms with E-state index in [-0.39, 0.29) is 24.0 Å². The minimum Gasteiger partial charge on any atom is -0.341 e. The third kappa shape index (κ3) is 4.04. The highest BCUT2D eigenvalue weighted by Gasteiger charge is 2.23. The number of aromatic nitrogens is 6. The Labute approximate surface area is 147 Å². The first-order valence-electron chi connectivity index (χ1n) is 8.94. The monoisotopic (exact) mass is 346 g/mol. The van der Waals surface area contributed by atoms with Gasteiger partial charge in [0, 0.05) is 12.6 Å². The second kappa shape index (κ2) is 7.73. The van der Waals surface area contributed by atoms with Crippen molar-refractivity contribution in [3.05, 3.63) is 24.0 Å². The molecule has 1 fully saturated rings. The zero-order chi connectivity index (χ0) is 17.8. The van der Waals surface area contributed by atoms with Gasteiger partial charge in [0.05, 0.1) is 18.3 Å². The molecule has 0 aliphatic heterocycles. The summed E-state index contributed by atoms with van der Waals surface area (Å²) in [4.78, 5) is 12.5. The smallest absolute Gasteiger partial charge is 0.274 e. The molecule has 136 valence electrons. The lowest BCUT2D eigenvalue weighted by molar-refractivity contribution is 0.0932. The van der Waals surface area contributed by atoms with Crippen LogP contribution in [0.2, 0.25) is 0 Å². The van der Waals surface area contributed by atoms with Gasteiger partial charge >= 0.3 is 0 Å². The molecule has 9 heteroatoms. The normalized spacial score (nSPS) is 21.9. The molecule has 3 rings (SSSR count). The van der Waals surface area contributed by atoms with Crippen molar-refractivity contribution in [1.29, 1.82) is 0 Å². The van der Waals surface area contributed by atoms with Crippen molar-refractivity contribution in [2.45, 2.75) is 70.6 Å². The first-order chi connectivity index (χ1) is 12.1. The minimum atomic E-state index is -0.252. The zero-order valence-corrected chi connectivity index (χ0v) is 14.8. The Morgan fingerprint density at radius 2 is 2.12 bits per heavy atom.